The lowest BCUT2D eigenvalue weighted by molar-refractivity contribution is 0.0215. The number of carbonyl (C=O) groups excluding carboxylic acids is 1. The Balaban J connectivity index is 1.62. The molecule has 3 rings (SSSR count). The van der Waals surface area contributed by atoms with Gasteiger partial charge in [0, 0.05) is 32.4 Å². The maximum atomic E-state index is 12.6. The van der Waals surface area contributed by atoms with Crippen LogP contribution in [0.1, 0.15) is 41.7 Å². The van der Waals surface area contributed by atoms with Crippen LogP contribution in [0.4, 0.5) is 0 Å². The highest BCUT2D eigenvalue weighted by atomic mass is 16.5. The number of piperidine rings is 1. The van der Waals surface area contributed by atoms with Gasteiger partial charge in [0.15, 0.2) is 0 Å². The predicted octanol–water partition coefficient (Wildman–Crippen LogP) is 1.60. The fourth-order valence-electron chi connectivity index (χ4n) is 3.37. The first-order valence-corrected chi connectivity index (χ1v) is 8.48. The lowest BCUT2D eigenvalue weighted by Gasteiger charge is -2.31. The smallest absolute Gasteiger partial charge is 0.270 e. The predicted molar refractivity (Wildman–Crippen MR) is 86.1 cm³/mol. The molecule has 23 heavy (non-hydrogen) atoms. The van der Waals surface area contributed by atoms with Gasteiger partial charge in [-0.1, -0.05) is 6.42 Å². The molecule has 0 bridgehead atoms. The van der Waals surface area contributed by atoms with Crippen molar-refractivity contribution in [2.75, 3.05) is 39.3 Å². The maximum Gasteiger partial charge on any atom is 0.270 e. The van der Waals surface area contributed by atoms with Crippen LogP contribution in [0.3, 0.4) is 0 Å². The molecule has 0 aliphatic carbocycles. The summed E-state index contributed by atoms with van der Waals surface area (Å²) in [7, 11) is 0. The van der Waals surface area contributed by atoms with Gasteiger partial charge in [-0.05, 0) is 38.4 Å². The summed E-state index contributed by atoms with van der Waals surface area (Å²) < 4.78 is 5.95. The highest BCUT2D eigenvalue weighted by molar-refractivity contribution is 5.92. The maximum absolute atomic E-state index is 12.6. The van der Waals surface area contributed by atoms with Crippen LogP contribution in [0.15, 0.2) is 12.3 Å². The number of amides is 1. The van der Waals surface area contributed by atoms with E-state index in [-0.39, 0.29) is 12.0 Å². The van der Waals surface area contributed by atoms with Crippen LogP contribution in [0, 0.1) is 11.3 Å². The van der Waals surface area contributed by atoms with Crippen molar-refractivity contribution in [2.45, 2.75) is 31.8 Å². The fraction of sp³-hybridized carbons (Fsp3) is 0.647. The Morgan fingerprint density at radius 3 is 2.87 bits per heavy atom. The number of H-pyrrole nitrogens is 1. The standard InChI is InChI=1S/C17H24N4O2/c18-10-14-9-16(19-11-14)17(22)21-7-4-8-23-15(13-21)12-20-5-2-1-3-6-20/h9,11,15,19H,1-8,12-13H2/t15-/m0/s1. The molecule has 124 valence electrons. The van der Waals surface area contributed by atoms with E-state index in [1.54, 1.807) is 12.3 Å². The third-order valence-corrected chi connectivity index (χ3v) is 4.59. The second kappa shape index (κ2) is 7.62. The van der Waals surface area contributed by atoms with Crippen LogP contribution in [-0.2, 0) is 4.74 Å². The van der Waals surface area contributed by atoms with Gasteiger partial charge in [0.25, 0.3) is 5.91 Å². The van der Waals surface area contributed by atoms with Gasteiger partial charge >= 0.3 is 0 Å². The molecule has 1 aromatic rings. The van der Waals surface area contributed by atoms with E-state index < -0.39 is 0 Å². The molecule has 1 aromatic heterocycles. The van der Waals surface area contributed by atoms with Crippen molar-refractivity contribution < 1.29 is 9.53 Å². The molecule has 6 heteroatoms. The van der Waals surface area contributed by atoms with Crippen LogP contribution >= 0.6 is 0 Å². The van der Waals surface area contributed by atoms with E-state index >= 15 is 0 Å². The normalized spacial score (nSPS) is 23.3. The minimum atomic E-state index is -0.0411. The number of nitrogens with one attached hydrogen (secondary N) is 1. The van der Waals surface area contributed by atoms with Gasteiger partial charge in [-0.25, -0.2) is 0 Å². The summed E-state index contributed by atoms with van der Waals surface area (Å²) in [6.07, 6.45) is 6.34. The van der Waals surface area contributed by atoms with Crippen molar-refractivity contribution in [2.24, 2.45) is 0 Å². The minimum absolute atomic E-state index is 0.0411. The molecule has 1 amide bonds. The first-order valence-electron chi connectivity index (χ1n) is 8.48. The van der Waals surface area contributed by atoms with Crippen molar-refractivity contribution in [3.05, 3.63) is 23.5 Å². The van der Waals surface area contributed by atoms with Crippen LogP contribution in [0.5, 0.6) is 0 Å². The summed E-state index contributed by atoms with van der Waals surface area (Å²) >= 11 is 0. The second-order valence-corrected chi connectivity index (χ2v) is 6.37. The molecule has 1 N–H and O–H groups in total. The van der Waals surface area contributed by atoms with Crippen molar-refractivity contribution >= 4 is 5.91 Å². The Morgan fingerprint density at radius 2 is 2.13 bits per heavy atom. The molecule has 2 saturated heterocycles. The molecule has 2 aliphatic heterocycles. The van der Waals surface area contributed by atoms with Gasteiger partial charge in [0.05, 0.1) is 11.7 Å². The van der Waals surface area contributed by atoms with Gasteiger partial charge in [-0.3, -0.25) is 4.79 Å². The molecule has 0 radical (unpaired) electrons. The summed E-state index contributed by atoms with van der Waals surface area (Å²) in [5, 5.41) is 8.89. The molecule has 1 atom stereocenters. The Hall–Kier alpha value is -1.84. The van der Waals surface area contributed by atoms with Crippen molar-refractivity contribution in [3.63, 3.8) is 0 Å². The van der Waals surface area contributed by atoms with Crippen molar-refractivity contribution in [3.8, 4) is 6.07 Å². The number of likely N-dealkylation sites (tertiary alicyclic amines) is 1. The number of hydrogen-bond donors (Lipinski definition) is 1. The van der Waals surface area contributed by atoms with E-state index in [0.29, 0.717) is 31.0 Å². The van der Waals surface area contributed by atoms with Gasteiger partial charge in [0.1, 0.15) is 11.8 Å². The summed E-state index contributed by atoms with van der Waals surface area (Å²) in [6.45, 7) is 5.20. The average Bonchev–Trinajstić information content (AvgIpc) is 2.95. The molecule has 2 aliphatic rings. The molecule has 6 nitrogen and oxygen atoms in total. The number of aromatic nitrogens is 1. The number of ether oxygens (including phenoxy) is 1. The van der Waals surface area contributed by atoms with E-state index in [1.807, 2.05) is 11.0 Å². The highest BCUT2D eigenvalue weighted by Gasteiger charge is 2.26. The summed E-state index contributed by atoms with van der Waals surface area (Å²) in [5.41, 5.74) is 0.976. The number of aromatic amines is 1. The third-order valence-electron chi connectivity index (χ3n) is 4.59. The average molecular weight is 316 g/mol. The van der Waals surface area contributed by atoms with Gasteiger partial charge in [0.2, 0.25) is 0 Å². The topological polar surface area (TPSA) is 72.4 Å². The lowest BCUT2D eigenvalue weighted by atomic mass is 10.1. The summed E-state index contributed by atoms with van der Waals surface area (Å²) in [5.74, 6) is -0.0411. The SMILES string of the molecule is N#Cc1c[nH]c(C(=O)N2CCCO[C@@H](CN3CCCCC3)C2)c1. The number of hydrogen-bond acceptors (Lipinski definition) is 4. The zero-order valence-electron chi connectivity index (χ0n) is 13.5. The van der Waals surface area contributed by atoms with E-state index in [0.717, 1.165) is 26.1 Å². The zero-order chi connectivity index (χ0) is 16.1. The van der Waals surface area contributed by atoms with E-state index in [4.69, 9.17) is 10.00 Å². The molecule has 2 fully saturated rings. The van der Waals surface area contributed by atoms with Gasteiger partial charge in [-0.15, -0.1) is 0 Å². The van der Waals surface area contributed by atoms with Crippen LogP contribution in [0.2, 0.25) is 0 Å². The molecule has 0 aromatic carbocycles. The first-order chi connectivity index (χ1) is 11.3. The highest BCUT2D eigenvalue weighted by Crippen LogP contribution is 2.15. The van der Waals surface area contributed by atoms with Crippen molar-refractivity contribution in [1.82, 2.24) is 14.8 Å². The minimum Gasteiger partial charge on any atom is -0.375 e. The Kier molecular flexibility index (Phi) is 5.31. The second-order valence-electron chi connectivity index (χ2n) is 6.37. The number of nitrogens with zero attached hydrogens (tertiary/aromatic N) is 3. The number of rotatable bonds is 3. The number of carbonyl (C=O) groups is 1. The van der Waals surface area contributed by atoms with Crippen molar-refractivity contribution in [1.29, 1.82) is 5.26 Å². The van der Waals surface area contributed by atoms with Crippen LogP contribution in [-0.4, -0.2) is 66.1 Å². The molecular formula is C17H24N4O2. The van der Waals surface area contributed by atoms with Gasteiger partial charge in [-0.2, -0.15) is 5.26 Å². The zero-order valence-corrected chi connectivity index (χ0v) is 13.5. The van der Waals surface area contributed by atoms with Crippen LogP contribution in [0.25, 0.3) is 0 Å². The molecular weight excluding hydrogens is 292 g/mol. The quantitative estimate of drug-likeness (QED) is 0.919. The van der Waals surface area contributed by atoms with Crippen LogP contribution < -0.4 is 0 Å². The largest absolute Gasteiger partial charge is 0.375 e. The molecule has 3 heterocycles. The molecule has 0 spiro atoms. The fourth-order valence-corrected chi connectivity index (χ4v) is 3.37. The molecule has 0 unspecified atom stereocenters. The first kappa shape index (κ1) is 16.0. The number of nitriles is 1. The Morgan fingerprint density at radius 1 is 1.30 bits per heavy atom. The molecule has 0 saturated carbocycles. The van der Waals surface area contributed by atoms with E-state index in [2.05, 4.69) is 9.88 Å². The van der Waals surface area contributed by atoms with E-state index in [1.165, 1.54) is 19.3 Å². The lowest BCUT2D eigenvalue weighted by Crippen LogP contribution is -2.43. The van der Waals surface area contributed by atoms with E-state index in [9.17, 15) is 4.79 Å². The Bertz CT molecular complexity index is 571. The summed E-state index contributed by atoms with van der Waals surface area (Å²) in [4.78, 5) is 19.8. The monoisotopic (exact) mass is 316 g/mol. The summed E-state index contributed by atoms with van der Waals surface area (Å²) in [6, 6.07) is 3.67. The van der Waals surface area contributed by atoms with Gasteiger partial charge < -0.3 is 19.5 Å². The third kappa shape index (κ3) is 4.12. The Labute approximate surface area is 137 Å².